The van der Waals surface area contributed by atoms with Gasteiger partial charge in [0.05, 0.1) is 5.56 Å². The van der Waals surface area contributed by atoms with Crippen LogP contribution in [-0.2, 0) is 0 Å². The SMILES string of the molecule is CC(C)CCN(CCC(C)C)C(=O)c1ccc(F)cc1O. The van der Waals surface area contributed by atoms with Crippen LogP contribution < -0.4 is 0 Å². The fourth-order valence-electron chi connectivity index (χ4n) is 2.00. The van der Waals surface area contributed by atoms with E-state index in [4.69, 9.17) is 0 Å². The number of nitrogens with zero attached hydrogens (tertiary/aromatic N) is 1. The summed E-state index contributed by atoms with van der Waals surface area (Å²) >= 11 is 0. The molecule has 4 heteroatoms. The number of aromatic hydroxyl groups is 1. The van der Waals surface area contributed by atoms with Crippen LogP contribution in [0.25, 0.3) is 0 Å². The summed E-state index contributed by atoms with van der Waals surface area (Å²) in [4.78, 5) is 14.3. The standard InChI is InChI=1S/C17H26FNO2/c1-12(2)7-9-19(10-8-13(3)4)17(21)15-6-5-14(18)11-16(15)20/h5-6,11-13,20H,7-10H2,1-4H3. The summed E-state index contributed by atoms with van der Waals surface area (Å²) in [5, 5.41) is 9.78. The van der Waals surface area contributed by atoms with Crippen LogP contribution in [0.2, 0.25) is 0 Å². The number of phenolic OH excluding ortho intramolecular Hbond substituents is 1. The van der Waals surface area contributed by atoms with Crippen molar-refractivity contribution >= 4 is 5.91 Å². The van der Waals surface area contributed by atoms with Gasteiger partial charge in [0.1, 0.15) is 11.6 Å². The van der Waals surface area contributed by atoms with E-state index in [1.165, 1.54) is 12.1 Å². The average molecular weight is 295 g/mol. The third-order valence-electron chi connectivity index (χ3n) is 3.43. The third kappa shape index (κ3) is 5.74. The third-order valence-corrected chi connectivity index (χ3v) is 3.43. The predicted molar refractivity (Wildman–Crippen MR) is 82.9 cm³/mol. The molecule has 1 amide bonds. The summed E-state index contributed by atoms with van der Waals surface area (Å²) in [5.41, 5.74) is 0.170. The van der Waals surface area contributed by atoms with Gasteiger partial charge >= 0.3 is 0 Å². The zero-order valence-electron chi connectivity index (χ0n) is 13.4. The number of halogens is 1. The molecule has 0 aliphatic heterocycles. The maximum atomic E-state index is 13.0. The first-order valence-electron chi connectivity index (χ1n) is 7.59. The van der Waals surface area contributed by atoms with Crippen LogP contribution in [0.3, 0.4) is 0 Å². The highest BCUT2D eigenvalue weighted by molar-refractivity contribution is 5.96. The Hall–Kier alpha value is -1.58. The highest BCUT2D eigenvalue weighted by Crippen LogP contribution is 2.21. The van der Waals surface area contributed by atoms with E-state index in [1.54, 1.807) is 4.90 Å². The van der Waals surface area contributed by atoms with Crippen LogP contribution >= 0.6 is 0 Å². The molecule has 1 rings (SSSR count). The van der Waals surface area contributed by atoms with E-state index in [-0.39, 0.29) is 17.2 Å². The molecule has 0 aliphatic rings. The van der Waals surface area contributed by atoms with Gasteiger partial charge in [-0.15, -0.1) is 0 Å². The monoisotopic (exact) mass is 295 g/mol. The normalized spacial score (nSPS) is 11.2. The van der Waals surface area contributed by atoms with Crippen molar-refractivity contribution in [2.75, 3.05) is 13.1 Å². The summed E-state index contributed by atoms with van der Waals surface area (Å²) in [6.07, 6.45) is 1.82. The highest BCUT2D eigenvalue weighted by atomic mass is 19.1. The summed E-state index contributed by atoms with van der Waals surface area (Å²) in [7, 11) is 0. The molecule has 1 N–H and O–H groups in total. The van der Waals surface area contributed by atoms with Gasteiger partial charge in [0.15, 0.2) is 0 Å². The first-order chi connectivity index (χ1) is 9.81. The maximum absolute atomic E-state index is 13.0. The van der Waals surface area contributed by atoms with Crippen molar-refractivity contribution < 1.29 is 14.3 Å². The van der Waals surface area contributed by atoms with Gasteiger partial charge in [-0.2, -0.15) is 0 Å². The van der Waals surface area contributed by atoms with Gasteiger partial charge in [0, 0.05) is 19.2 Å². The Kier molecular flexibility index (Phi) is 6.66. The van der Waals surface area contributed by atoms with Crippen LogP contribution in [0.5, 0.6) is 5.75 Å². The van der Waals surface area contributed by atoms with Gasteiger partial charge < -0.3 is 10.0 Å². The molecule has 0 saturated carbocycles. The molecule has 0 saturated heterocycles. The molecule has 0 fully saturated rings. The molecule has 21 heavy (non-hydrogen) atoms. The Labute approximate surface area is 126 Å². The van der Waals surface area contributed by atoms with Gasteiger partial charge in [-0.25, -0.2) is 4.39 Å². The lowest BCUT2D eigenvalue weighted by Gasteiger charge is -2.25. The summed E-state index contributed by atoms with van der Waals surface area (Å²) in [6, 6.07) is 3.54. The van der Waals surface area contributed by atoms with E-state index in [0.717, 1.165) is 18.9 Å². The zero-order chi connectivity index (χ0) is 16.0. The lowest BCUT2D eigenvalue weighted by Crippen LogP contribution is -2.34. The minimum atomic E-state index is -0.542. The number of amides is 1. The van der Waals surface area contributed by atoms with Crippen LogP contribution in [0.1, 0.15) is 50.9 Å². The Morgan fingerprint density at radius 3 is 2.10 bits per heavy atom. The fourth-order valence-corrected chi connectivity index (χ4v) is 2.00. The molecular weight excluding hydrogens is 269 g/mol. The highest BCUT2D eigenvalue weighted by Gasteiger charge is 2.19. The summed E-state index contributed by atoms with van der Waals surface area (Å²) in [5.74, 6) is -0.0600. The van der Waals surface area contributed by atoms with E-state index in [0.29, 0.717) is 24.9 Å². The molecule has 1 aromatic rings. The number of benzene rings is 1. The lowest BCUT2D eigenvalue weighted by atomic mass is 10.1. The summed E-state index contributed by atoms with van der Waals surface area (Å²) < 4.78 is 13.0. The van der Waals surface area contributed by atoms with E-state index >= 15 is 0 Å². The number of carbonyl (C=O) groups excluding carboxylic acids is 1. The quantitative estimate of drug-likeness (QED) is 0.824. The minimum absolute atomic E-state index is 0.170. The van der Waals surface area contributed by atoms with Crippen molar-refractivity contribution in [3.8, 4) is 5.75 Å². The van der Waals surface area contributed by atoms with Crippen molar-refractivity contribution in [2.45, 2.75) is 40.5 Å². The van der Waals surface area contributed by atoms with Crippen molar-refractivity contribution in [1.82, 2.24) is 4.90 Å². The largest absolute Gasteiger partial charge is 0.507 e. The van der Waals surface area contributed by atoms with Gasteiger partial charge in [-0.1, -0.05) is 27.7 Å². The van der Waals surface area contributed by atoms with Gasteiger partial charge in [-0.3, -0.25) is 4.79 Å². The van der Waals surface area contributed by atoms with E-state index in [1.807, 2.05) is 0 Å². The van der Waals surface area contributed by atoms with Crippen LogP contribution in [0, 0.1) is 17.7 Å². The molecule has 0 atom stereocenters. The van der Waals surface area contributed by atoms with Crippen LogP contribution in [0.4, 0.5) is 4.39 Å². The van der Waals surface area contributed by atoms with Crippen molar-refractivity contribution in [2.24, 2.45) is 11.8 Å². The molecular formula is C17H26FNO2. The first-order valence-corrected chi connectivity index (χ1v) is 7.59. The second-order valence-corrected chi connectivity index (χ2v) is 6.32. The van der Waals surface area contributed by atoms with Crippen molar-refractivity contribution in [3.63, 3.8) is 0 Å². The molecule has 0 heterocycles. The average Bonchev–Trinajstić information content (AvgIpc) is 2.37. The number of phenols is 1. The molecule has 0 radical (unpaired) electrons. The Morgan fingerprint density at radius 2 is 1.67 bits per heavy atom. The Bertz CT molecular complexity index is 460. The molecule has 0 bridgehead atoms. The molecule has 118 valence electrons. The van der Waals surface area contributed by atoms with Crippen molar-refractivity contribution in [3.05, 3.63) is 29.6 Å². The fraction of sp³-hybridized carbons (Fsp3) is 0.588. The Morgan fingerprint density at radius 1 is 1.14 bits per heavy atom. The van der Waals surface area contributed by atoms with Crippen molar-refractivity contribution in [1.29, 1.82) is 0 Å². The number of hydrogen-bond acceptors (Lipinski definition) is 2. The summed E-state index contributed by atoms with van der Waals surface area (Å²) in [6.45, 7) is 9.75. The van der Waals surface area contributed by atoms with Crippen LogP contribution in [0.15, 0.2) is 18.2 Å². The van der Waals surface area contributed by atoms with E-state index < -0.39 is 5.82 Å². The Balaban J connectivity index is 2.86. The molecule has 3 nitrogen and oxygen atoms in total. The smallest absolute Gasteiger partial charge is 0.257 e. The topological polar surface area (TPSA) is 40.5 Å². The predicted octanol–water partition coefficient (Wildman–Crippen LogP) is 4.07. The first kappa shape index (κ1) is 17.5. The molecule has 0 spiro atoms. The van der Waals surface area contributed by atoms with Gasteiger partial charge in [0.25, 0.3) is 5.91 Å². The molecule has 0 unspecified atom stereocenters. The lowest BCUT2D eigenvalue weighted by molar-refractivity contribution is 0.0737. The number of rotatable bonds is 7. The van der Waals surface area contributed by atoms with E-state index in [9.17, 15) is 14.3 Å². The second-order valence-electron chi connectivity index (χ2n) is 6.32. The van der Waals surface area contributed by atoms with Gasteiger partial charge in [-0.05, 0) is 36.8 Å². The van der Waals surface area contributed by atoms with Crippen LogP contribution in [-0.4, -0.2) is 29.0 Å². The molecule has 0 aliphatic carbocycles. The maximum Gasteiger partial charge on any atom is 0.257 e. The number of carbonyl (C=O) groups is 1. The second kappa shape index (κ2) is 8.01. The zero-order valence-corrected chi connectivity index (χ0v) is 13.4. The van der Waals surface area contributed by atoms with Gasteiger partial charge in [0.2, 0.25) is 0 Å². The minimum Gasteiger partial charge on any atom is -0.507 e. The molecule has 1 aromatic carbocycles. The van der Waals surface area contributed by atoms with E-state index in [2.05, 4.69) is 27.7 Å². The molecule has 0 aromatic heterocycles. The number of hydrogen-bond donors (Lipinski definition) is 1.